The van der Waals surface area contributed by atoms with E-state index >= 15 is 0 Å². The molecule has 1 aromatic rings. The van der Waals surface area contributed by atoms with E-state index in [2.05, 4.69) is 57.0 Å². The van der Waals surface area contributed by atoms with Crippen LogP contribution in [0.4, 0.5) is 0 Å². The molecular weight excluding hydrogens is 260 g/mol. The molecule has 2 rings (SSSR count). The van der Waals surface area contributed by atoms with Gasteiger partial charge in [0, 0.05) is 12.6 Å². The highest BCUT2D eigenvalue weighted by atomic mass is 16.3. The zero-order valence-corrected chi connectivity index (χ0v) is 14.4. The van der Waals surface area contributed by atoms with E-state index in [9.17, 15) is 0 Å². The molecule has 1 aliphatic rings. The summed E-state index contributed by atoms with van der Waals surface area (Å²) in [5.41, 5.74) is 0. The average molecular weight is 292 g/mol. The Morgan fingerprint density at radius 1 is 1.24 bits per heavy atom. The summed E-state index contributed by atoms with van der Waals surface area (Å²) in [7, 11) is 0. The van der Waals surface area contributed by atoms with E-state index in [0.717, 1.165) is 43.0 Å². The fraction of sp³-hybridized carbons (Fsp3) is 0.778. The maximum absolute atomic E-state index is 5.98. The molecule has 1 aliphatic heterocycles. The summed E-state index contributed by atoms with van der Waals surface area (Å²) in [6.45, 7) is 15.5. The maximum Gasteiger partial charge on any atom is 0.118 e. The Morgan fingerprint density at radius 2 is 1.95 bits per heavy atom. The first-order chi connectivity index (χ1) is 9.95. The Labute approximate surface area is 130 Å². The second-order valence-electron chi connectivity index (χ2n) is 7.38. The van der Waals surface area contributed by atoms with Crippen LogP contribution in [-0.2, 0) is 13.1 Å². The molecule has 0 bridgehead atoms. The van der Waals surface area contributed by atoms with Crippen molar-refractivity contribution in [1.82, 2.24) is 10.2 Å². The van der Waals surface area contributed by atoms with Crippen molar-refractivity contribution >= 4 is 0 Å². The van der Waals surface area contributed by atoms with Crippen molar-refractivity contribution in [3.8, 4) is 0 Å². The molecule has 3 nitrogen and oxygen atoms in total. The molecule has 1 N–H and O–H groups in total. The lowest BCUT2D eigenvalue weighted by Crippen LogP contribution is -2.45. The normalized spacial score (nSPS) is 27.4. The van der Waals surface area contributed by atoms with Crippen molar-refractivity contribution in [2.75, 3.05) is 13.1 Å². The predicted octanol–water partition coefficient (Wildman–Crippen LogP) is 3.89. The Balaban J connectivity index is 1.86. The summed E-state index contributed by atoms with van der Waals surface area (Å²) in [6, 6.07) is 4.90. The average Bonchev–Trinajstić information content (AvgIpc) is 2.82. The van der Waals surface area contributed by atoms with Crippen LogP contribution < -0.4 is 5.32 Å². The van der Waals surface area contributed by atoms with Crippen LogP contribution in [0.3, 0.4) is 0 Å². The highest BCUT2D eigenvalue weighted by Crippen LogP contribution is 2.28. The molecule has 1 aromatic heterocycles. The highest BCUT2D eigenvalue weighted by molar-refractivity contribution is 5.07. The molecule has 3 unspecified atom stereocenters. The van der Waals surface area contributed by atoms with E-state index in [4.69, 9.17) is 4.42 Å². The van der Waals surface area contributed by atoms with Gasteiger partial charge in [0.05, 0.1) is 13.1 Å². The molecule has 0 saturated carbocycles. The number of rotatable bonds is 6. The lowest BCUT2D eigenvalue weighted by Gasteiger charge is -2.40. The van der Waals surface area contributed by atoms with Crippen LogP contribution in [-0.4, -0.2) is 24.0 Å². The molecule has 0 amide bonds. The summed E-state index contributed by atoms with van der Waals surface area (Å²) in [5, 5.41) is 3.43. The fourth-order valence-electron chi connectivity index (χ4n) is 3.33. The van der Waals surface area contributed by atoms with Gasteiger partial charge in [-0.2, -0.15) is 0 Å². The lowest BCUT2D eigenvalue weighted by atomic mass is 9.86. The van der Waals surface area contributed by atoms with Gasteiger partial charge in [0.1, 0.15) is 11.5 Å². The van der Waals surface area contributed by atoms with E-state index < -0.39 is 0 Å². The van der Waals surface area contributed by atoms with E-state index in [1.165, 1.54) is 13.0 Å². The van der Waals surface area contributed by atoms with E-state index in [1.807, 2.05) is 0 Å². The van der Waals surface area contributed by atoms with Gasteiger partial charge in [-0.1, -0.05) is 27.7 Å². The molecule has 0 aliphatic carbocycles. The molecule has 2 heterocycles. The van der Waals surface area contributed by atoms with Gasteiger partial charge in [-0.3, -0.25) is 4.90 Å². The fourth-order valence-corrected chi connectivity index (χ4v) is 3.33. The molecule has 120 valence electrons. The quantitative estimate of drug-likeness (QED) is 0.862. The molecule has 3 heteroatoms. The van der Waals surface area contributed by atoms with Crippen LogP contribution in [0.25, 0.3) is 0 Å². The van der Waals surface area contributed by atoms with Gasteiger partial charge in [-0.25, -0.2) is 0 Å². The zero-order chi connectivity index (χ0) is 15.4. The molecule has 1 fully saturated rings. The number of furan rings is 1. The molecule has 0 radical (unpaired) electrons. The van der Waals surface area contributed by atoms with Crippen LogP contribution >= 0.6 is 0 Å². The van der Waals surface area contributed by atoms with Crippen LogP contribution in [0.15, 0.2) is 16.5 Å². The standard InChI is InChI=1S/C18H32N2O/c1-13(2)9-19-10-17-6-7-18(21-17)12-20-11-14(3)8-15(4)16(20)5/h6-7,13-16,19H,8-12H2,1-5H3. The van der Waals surface area contributed by atoms with Gasteiger partial charge in [0.15, 0.2) is 0 Å². The number of hydrogen-bond donors (Lipinski definition) is 1. The van der Waals surface area contributed by atoms with Crippen molar-refractivity contribution in [3.63, 3.8) is 0 Å². The molecule has 1 saturated heterocycles. The second kappa shape index (κ2) is 7.46. The van der Waals surface area contributed by atoms with Crippen molar-refractivity contribution < 1.29 is 4.42 Å². The van der Waals surface area contributed by atoms with Gasteiger partial charge >= 0.3 is 0 Å². The Bertz CT molecular complexity index is 427. The van der Waals surface area contributed by atoms with Gasteiger partial charge in [-0.15, -0.1) is 0 Å². The van der Waals surface area contributed by atoms with E-state index in [-0.39, 0.29) is 0 Å². The zero-order valence-electron chi connectivity index (χ0n) is 14.4. The monoisotopic (exact) mass is 292 g/mol. The first-order valence-corrected chi connectivity index (χ1v) is 8.48. The number of hydrogen-bond acceptors (Lipinski definition) is 3. The van der Waals surface area contributed by atoms with Gasteiger partial charge in [0.25, 0.3) is 0 Å². The molecule has 0 spiro atoms. The molecule has 3 atom stereocenters. The SMILES string of the molecule is CC(C)CNCc1ccc(CN2CC(C)CC(C)C2C)o1. The Kier molecular flexibility index (Phi) is 5.88. The van der Waals surface area contributed by atoms with Gasteiger partial charge in [-0.05, 0) is 49.8 Å². The summed E-state index contributed by atoms with van der Waals surface area (Å²) < 4.78 is 5.98. The van der Waals surface area contributed by atoms with Crippen molar-refractivity contribution in [3.05, 3.63) is 23.7 Å². The number of nitrogens with one attached hydrogen (secondary N) is 1. The number of nitrogens with zero attached hydrogens (tertiary/aromatic N) is 1. The van der Waals surface area contributed by atoms with Crippen molar-refractivity contribution in [1.29, 1.82) is 0 Å². The Hall–Kier alpha value is -0.800. The minimum atomic E-state index is 0.647. The Morgan fingerprint density at radius 3 is 2.67 bits per heavy atom. The summed E-state index contributed by atoms with van der Waals surface area (Å²) in [5.74, 6) is 4.40. The third-order valence-electron chi connectivity index (χ3n) is 4.65. The molecule has 0 aromatic carbocycles. The third-order valence-corrected chi connectivity index (χ3v) is 4.65. The van der Waals surface area contributed by atoms with Crippen LogP contribution in [0.1, 0.15) is 52.6 Å². The van der Waals surface area contributed by atoms with Gasteiger partial charge in [0.2, 0.25) is 0 Å². The first kappa shape index (κ1) is 16.6. The van der Waals surface area contributed by atoms with Crippen LogP contribution in [0.5, 0.6) is 0 Å². The minimum absolute atomic E-state index is 0.647. The van der Waals surface area contributed by atoms with Crippen molar-refractivity contribution in [2.24, 2.45) is 17.8 Å². The summed E-state index contributed by atoms with van der Waals surface area (Å²) >= 11 is 0. The van der Waals surface area contributed by atoms with Gasteiger partial charge < -0.3 is 9.73 Å². The van der Waals surface area contributed by atoms with E-state index in [0.29, 0.717) is 12.0 Å². The first-order valence-electron chi connectivity index (χ1n) is 8.48. The number of likely N-dealkylation sites (tertiary alicyclic amines) is 1. The minimum Gasteiger partial charge on any atom is -0.463 e. The molecule has 21 heavy (non-hydrogen) atoms. The lowest BCUT2D eigenvalue weighted by molar-refractivity contribution is 0.0664. The van der Waals surface area contributed by atoms with Crippen molar-refractivity contribution in [2.45, 2.75) is 60.2 Å². The molecular formula is C18H32N2O. The largest absolute Gasteiger partial charge is 0.463 e. The number of piperidine rings is 1. The maximum atomic E-state index is 5.98. The summed E-state index contributed by atoms with van der Waals surface area (Å²) in [6.07, 6.45) is 1.35. The smallest absolute Gasteiger partial charge is 0.118 e. The highest BCUT2D eigenvalue weighted by Gasteiger charge is 2.29. The predicted molar refractivity (Wildman–Crippen MR) is 88.1 cm³/mol. The topological polar surface area (TPSA) is 28.4 Å². The second-order valence-corrected chi connectivity index (χ2v) is 7.38. The van der Waals surface area contributed by atoms with Crippen LogP contribution in [0, 0.1) is 17.8 Å². The van der Waals surface area contributed by atoms with Crippen LogP contribution in [0.2, 0.25) is 0 Å². The third kappa shape index (κ3) is 4.86. The summed E-state index contributed by atoms with van der Waals surface area (Å²) in [4.78, 5) is 2.57. The van der Waals surface area contributed by atoms with E-state index in [1.54, 1.807) is 0 Å².